The van der Waals surface area contributed by atoms with Gasteiger partial charge in [-0.2, -0.15) is 0 Å². The molecule has 1 N–H and O–H groups in total. The maximum atomic E-state index is 10.9. The van der Waals surface area contributed by atoms with E-state index in [9.17, 15) is 4.79 Å². The van der Waals surface area contributed by atoms with Crippen molar-refractivity contribution >= 4 is 11.5 Å². The number of benzene rings is 4. The van der Waals surface area contributed by atoms with E-state index in [1.165, 1.54) is 0 Å². The first-order valence-electron chi connectivity index (χ1n) is 10.1. The summed E-state index contributed by atoms with van der Waals surface area (Å²) < 4.78 is 0. The van der Waals surface area contributed by atoms with Crippen molar-refractivity contribution in [2.24, 2.45) is 0 Å². The Morgan fingerprint density at radius 3 is 1.32 bits per heavy atom. The van der Waals surface area contributed by atoms with Crippen molar-refractivity contribution in [2.45, 2.75) is 0 Å². The fourth-order valence-corrected chi connectivity index (χ4v) is 3.53. The average molecular weight is 402 g/mol. The van der Waals surface area contributed by atoms with Gasteiger partial charge in [0.05, 0.1) is 0 Å². The summed E-state index contributed by atoms with van der Waals surface area (Å²) in [6.07, 6.45) is 4.58. The highest BCUT2D eigenvalue weighted by Gasteiger charge is 2.07. The number of carboxylic acids is 1. The smallest absolute Gasteiger partial charge is 0.328 e. The summed E-state index contributed by atoms with van der Waals surface area (Å²) in [6, 6.07) is 37.2. The van der Waals surface area contributed by atoms with Crippen LogP contribution in [0.5, 0.6) is 0 Å². The van der Waals surface area contributed by atoms with Gasteiger partial charge in [-0.05, 0) is 39.0 Å². The largest absolute Gasteiger partial charge is 0.478 e. The Bertz CT molecular complexity index is 1120. The second kappa shape index (κ2) is 9.55. The maximum Gasteiger partial charge on any atom is 0.328 e. The van der Waals surface area contributed by atoms with Gasteiger partial charge in [-0.15, -0.1) is 0 Å². The second-order valence-electron chi connectivity index (χ2n) is 7.16. The van der Waals surface area contributed by atoms with Crippen molar-refractivity contribution in [2.75, 3.05) is 0 Å². The van der Waals surface area contributed by atoms with Crippen LogP contribution in [0.15, 0.2) is 127 Å². The number of carboxylic acid groups (broad SMARTS) is 1. The normalized spacial score (nSPS) is 10.7. The van der Waals surface area contributed by atoms with E-state index >= 15 is 0 Å². The summed E-state index contributed by atoms with van der Waals surface area (Å²) in [6.45, 7) is 0. The van der Waals surface area contributed by atoms with Crippen LogP contribution in [0.2, 0.25) is 0 Å². The third-order valence-corrected chi connectivity index (χ3v) is 5.11. The van der Waals surface area contributed by atoms with E-state index in [-0.39, 0.29) is 0 Å². The van der Waals surface area contributed by atoms with Crippen molar-refractivity contribution < 1.29 is 9.90 Å². The average Bonchev–Trinajstić information content (AvgIpc) is 2.83. The molecule has 0 heterocycles. The molecule has 0 saturated heterocycles. The Hall–Kier alpha value is -4.17. The third-order valence-electron chi connectivity index (χ3n) is 5.11. The predicted molar refractivity (Wildman–Crippen MR) is 128 cm³/mol. The van der Waals surface area contributed by atoms with E-state index in [0.29, 0.717) is 0 Å². The van der Waals surface area contributed by atoms with Gasteiger partial charge in [0.2, 0.25) is 0 Å². The molecule has 0 bridgehead atoms. The third kappa shape index (κ3) is 5.06. The first-order chi connectivity index (χ1) is 15.2. The molecule has 0 aromatic heterocycles. The minimum atomic E-state index is -0.963. The summed E-state index contributed by atoms with van der Waals surface area (Å²) in [4.78, 5) is 10.9. The van der Waals surface area contributed by atoms with E-state index in [0.717, 1.165) is 45.0 Å². The highest BCUT2D eigenvalue weighted by atomic mass is 16.4. The van der Waals surface area contributed by atoms with Gasteiger partial charge in [-0.1, -0.05) is 121 Å². The molecule has 150 valence electrons. The van der Waals surface area contributed by atoms with Gasteiger partial charge < -0.3 is 5.11 Å². The predicted octanol–water partition coefficient (Wildman–Crippen LogP) is 7.09. The first-order valence-corrected chi connectivity index (χ1v) is 10.1. The van der Waals surface area contributed by atoms with Crippen LogP contribution in [0.3, 0.4) is 0 Å². The summed E-state index contributed by atoms with van der Waals surface area (Å²) in [5, 5.41) is 8.98. The zero-order valence-corrected chi connectivity index (χ0v) is 17.0. The molecular formula is C29H22O2. The monoisotopic (exact) mass is 402 g/mol. The Labute approximate surface area is 182 Å². The Kier molecular flexibility index (Phi) is 6.20. The molecule has 0 saturated carbocycles. The molecule has 0 spiro atoms. The van der Waals surface area contributed by atoms with Crippen LogP contribution in [0.25, 0.3) is 27.8 Å². The Morgan fingerprint density at radius 2 is 0.935 bits per heavy atom. The number of carbonyl (C=O) groups is 1. The van der Waals surface area contributed by atoms with Gasteiger partial charge in [-0.3, -0.25) is 0 Å². The fraction of sp³-hybridized carbons (Fsp3) is 0. The quantitative estimate of drug-likeness (QED) is 0.276. The van der Waals surface area contributed by atoms with E-state index in [1.54, 1.807) is 6.08 Å². The highest BCUT2D eigenvalue weighted by molar-refractivity contribution is 5.85. The van der Waals surface area contributed by atoms with Crippen molar-refractivity contribution in [3.05, 3.63) is 139 Å². The van der Waals surface area contributed by atoms with E-state index in [1.807, 2.05) is 42.5 Å². The lowest BCUT2D eigenvalue weighted by Crippen LogP contribution is -1.90. The van der Waals surface area contributed by atoms with Crippen LogP contribution >= 0.6 is 0 Å². The number of rotatable bonds is 6. The molecule has 4 aromatic rings. The van der Waals surface area contributed by atoms with Crippen LogP contribution in [0, 0.1) is 0 Å². The van der Waals surface area contributed by atoms with Gasteiger partial charge in [0.25, 0.3) is 0 Å². The number of aliphatic carboxylic acids is 1. The van der Waals surface area contributed by atoms with Crippen molar-refractivity contribution in [3.63, 3.8) is 0 Å². The van der Waals surface area contributed by atoms with Gasteiger partial charge >= 0.3 is 5.97 Å². The SMILES string of the molecule is O=C(O)/C=C/C=C(c1ccc(-c2ccccc2)cc1)c1ccc(-c2ccccc2)cc1. The molecule has 0 aliphatic carbocycles. The van der Waals surface area contributed by atoms with E-state index < -0.39 is 5.97 Å². The van der Waals surface area contributed by atoms with Crippen LogP contribution in [0.1, 0.15) is 11.1 Å². The zero-order chi connectivity index (χ0) is 21.5. The lowest BCUT2D eigenvalue weighted by Gasteiger charge is -2.11. The van der Waals surface area contributed by atoms with Crippen LogP contribution in [0.4, 0.5) is 0 Å². The minimum absolute atomic E-state index is 0.963. The summed E-state index contributed by atoms with van der Waals surface area (Å²) in [5.74, 6) is -0.963. The van der Waals surface area contributed by atoms with Gasteiger partial charge in [0.1, 0.15) is 0 Å². The van der Waals surface area contributed by atoms with Crippen LogP contribution < -0.4 is 0 Å². The highest BCUT2D eigenvalue weighted by Crippen LogP contribution is 2.29. The lowest BCUT2D eigenvalue weighted by atomic mass is 9.94. The zero-order valence-electron chi connectivity index (χ0n) is 17.0. The Morgan fingerprint density at radius 1 is 0.548 bits per heavy atom. The van der Waals surface area contributed by atoms with Crippen molar-refractivity contribution in [1.29, 1.82) is 0 Å². The molecule has 0 radical (unpaired) electrons. The molecule has 0 fully saturated rings. The number of allylic oxidation sites excluding steroid dienone is 2. The molecule has 4 aromatic carbocycles. The molecular weight excluding hydrogens is 380 g/mol. The number of hydrogen-bond acceptors (Lipinski definition) is 1. The first kappa shape index (κ1) is 20.1. The molecule has 2 heteroatoms. The maximum absolute atomic E-state index is 10.9. The lowest BCUT2D eigenvalue weighted by molar-refractivity contribution is -0.131. The summed E-state index contributed by atoms with van der Waals surface area (Å²) >= 11 is 0. The standard InChI is InChI=1S/C29H22O2/c30-29(31)13-7-12-28(26-18-14-24(15-19-26)22-8-3-1-4-9-22)27-20-16-25(17-21-27)23-10-5-2-6-11-23/h1-21H,(H,30,31)/b13-7+. The Balaban J connectivity index is 1.69. The van der Waals surface area contributed by atoms with Crippen LogP contribution in [-0.4, -0.2) is 11.1 Å². The molecule has 0 atom stereocenters. The summed E-state index contributed by atoms with van der Waals surface area (Å²) in [7, 11) is 0. The fourth-order valence-electron chi connectivity index (χ4n) is 3.53. The number of hydrogen-bond donors (Lipinski definition) is 1. The summed E-state index contributed by atoms with van der Waals surface area (Å²) in [5.41, 5.74) is 7.64. The van der Waals surface area contributed by atoms with E-state index in [4.69, 9.17) is 5.11 Å². The second-order valence-corrected chi connectivity index (χ2v) is 7.16. The molecule has 4 rings (SSSR count). The van der Waals surface area contributed by atoms with Crippen molar-refractivity contribution in [1.82, 2.24) is 0 Å². The molecule has 2 nitrogen and oxygen atoms in total. The topological polar surface area (TPSA) is 37.3 Å². The van der Waals surface area contributed by atoms with E-state index in [2.05, 4.69) is 72.8 Å². The van der Waals surface area contributed by atoms with Gasteiger partial charge in [-0.25, -0.2) is 4.79 Å². The van der Waals surface area contributed by atoms with Crippen molar-refractivity contribution in [3.8, 4) is 22.3 Å². The minimum Gasteiger partial charge on any atom is -0.478 e. The molecule has 0 amide bonds. The molecule has 0 aliphatic rings. The molecule has 0 aliphatic heterocycles. The molecule has 31 heavy (non-hydrogen) atoms. The van der Waals surface area contributed by atoms with Gasteiger partial charge in [0, 0.05) is 6.08 Å². The van der Waals surface area contributed by atoms with Gasteiger partial charge in [0.15, 0.2) is 0 Å². The molecule has 0 unspecified atom stereocenters. The van der Waals surface area contributed by atoms with Crippen LogP contribution in [-0.2, 0) is 4.79 Å².